The Labute approximate surface area is 131 Å². The monoisotopic (exact) mass is 295 g/mol. The summed E-state index contributed by atoms with van der Waals surface area (Å²) in [6.07, 6.45) is 4.54. The lowest BCUT2D eigenvalue weighted by Gasteiger charge is -2.32. The first-order valence-corrected chi connectivity index (χ1v) is 7.87. The van der Waals surface area contributed by atoms with Gasteiger partial charge < -0.3 is 9.80 Å². The number of rotatable bonds is 1. The van der Waals surface area contributed by atoms with Crippen molar-refractivity contribution >= 4 is 5.91 Å². The second-order valence-electron chi connectivity index (χ2n) is 5.87. The lowest BCUT2D eigenvalue weighted by molar-refractivity contribution is -0.128. The van der Waals surface area contributed by atoms with Gasteiger partial charge in [-0.05, 0) is 44.4 Å². The Kier molecular flexibility index (Phi) is 4.55. The van der Waals surface area contributed by atoms with Crippen molar-refractivity contribution < 1.29 is 4.79 Å². The third-order valence-electron chi connectivity index (χ3n) is 4.27. The second kappa shape index (κ2) is 6.76. The number of carbonyl (C=O) groups is 1. The highest BCUT2D eigenvalue weighted by atomic mass is 16.2. The molecule has 22 heavy (non-hydrogen) atoms. The number of aromatic nitrogens is 1. The van der Waals surface area contributed by atoms with E-state index < -0.39 is 0 Å². The quantitative estimate of drug-likeness (QED) is 0.740. The molecule has 1 amide bonds. The van der Waals surface area contributed by atoms with Crippen LogP contribution in [-0.2, 0) is 4.79 Å². The molecule has 3 rings (SSSR count). The first-order valence-electron chi connectivity index (χ1n) is 7.87. The summed E-state index contributed by atoms with van der Waals surface area (Å²) in [5.74, 6) is 6.46. The minimum atomic E-state index is 0.191. The number of likely N-dealkylation sites (N-methyl/N-ethyl adjacent to an activating group) is 1. The molecule has 0 N–H and O–H groups in total. The molecule has 0 atom stereocenters. The second-order valence-corrected chi connectivity index (χ2v) is 5.87. The first kappa shape index (κ1) is 14.8. The van der Waals surface area contributed by atoms with Crippen molar-refractivity contribution in [1.82, 2.24) is 14.8 Å². The smallest absolute Gasteiger partial charge is 0.250 e. The molecule has 0 bridgehead atoms. The zero-order valence-corrected chi connectivity index (χ0v) is 13.0. The normalized spacial score (nSPS) is 19.0. The van der Waals surface area contributed by atoms with Gasteiger partial charge in [0, 0.05) is 43.5 Å². The van der Waals surface area contributed by atoms with E-state index in [0.717, 1.165) is 62.3 Å². The fourth-order valence-corrected chi connectivity index (χ4v) is 2.89. The Morgan fingerprint density at radius 2 is 1.95 bits per heavy atom. The van der Waals surface area contributed by atoms with Crippen LogP contribution in [0.25, 0.3) is 0 Å². The predicted molar refractivity (Wildman–Crippen MR) is 86.1 cm³/mol. The van der Waals surface area contributed by atoms with Crippen LogP contribution in [0, 0.1) is 11.8 Å². The van der Waals surface area contributed by atoms with Crippen LogP contribution in [0.4, 0.5) is 0 Å². The van der Waals surface area contributed by atoms with Gasteiger partial charge in [-0.3, -0.25) is 4.79 Å². The molecule has 2 aliphatic rings. The number of piperazine rings is 1. The lowest BCUT2D eigenvalue weighted by atomic mass is 10.1. The van der Waals surface area contributed by atoms with Gasteiger partial charge in [0.25, 0.3) is 5.91 Å². The van der Waals surface area contributed by atoms with Gasteiger partial charge >= 0.3 is 0 Å². The van der Waals surface area contributed by atoms with E-state index in [1.54, 1.807) is 6.20 Å². The molecule has 4 heteroatoms. The van der Waals surface area contributed by atoms with E-state index in [4.69, 9.17) is 0 Å². The number of amides is 1. The van der Waals surface area contributed by atoms with Gasteiger partial charge in [-0.2, -0.15) is 0 Å². The number of nitrogens with zero attached hydrogens (tertiary/aromatic N) is 3. The van der Waals surface area contributed by atoms with Gasteiger partial charge in [-0.25, -0.2) is 4.98 Å². The summed E-state index contributed by atoms with van der Waals surface area (Å²) in [6, 6.07) is 5.70. The summed E-state index contributed by atoms with van der Waals surface area (Å²) in [7, 11) is 2.10. The molecule has 1 aromatic rings. The minimum Gasteiger partial charge on any atom is -0.336 e. The number of carbonyl (C=O) groups excluding carboxylic acids is 1. The van der Waals surface area contributed by atoms with E-state index in [0.29, 0.717) is 0 Å². The maximum Gasteiger partial charge on any atom is 0.250 e. The molecule has 1 aliphatic carbocycles. The molecule has 0 saturated carbocycles. The van der Waals surface area contributed by atoms with Gasteiger partial charge in [0.1, 0.15) is 5.69 Å². The van der Waals surface area contributed by atoms with E-state index in [2.05, 4.69) is 28.8 Å². The fourth-order valence-electron chi connectivity index (χ4n) is 2.89. The van der Waals surface area contributed by atoms with Crippen molar-refractivity contribution in [2.45, 2.75) is 19.3 Å². The molecule has 0 radical (unpaired) electrons. The third-order valence-corrected chi connectivity index (χ3v) is 4.27. The van der Waals surface area contributed by atoms with Crippen LogP contribution in [0.15, 0.2) is 35.5 Å². The summed E-state index contributed by atoms with van der Waals surface area (Å²) in [5.41, 5.74) is 2.69. The van der Waals surface area contributed by atoms with Crippen LogP contribution in [0.2, 0.25) is 0 Å². The zero-order valence-electron chi connectivity index (χ0n) is 13.0. The van der Waals surface area contributed by atoms with E-state index in [-0.39, 0.29) is 5.91 Å². The summed E-state index contributed by atoms with van der Waals surface area (Å²) < 4.78 is 0. The van der Waals surface area contributed by atoms with Gasteiger partial charge in [0.15, 0.2) is 0 Å². The third kappa shape index (κ3) is 3.37. The molecular weight excluding hydrogens is 274 g/mol. The molecule has 114 valence electrons. The van der Waals surface area contributed by atoms with Gasteiger partial charge in [-0.15, -0.1) is 0 Å². The van der Waals surface area contributed by atoms with Gasteiger partial charge in [0.05, 0.1) is 0 Å². The minimum absolute atomic E-state index is 0.191. The average molecular weight is 295 g/mol. The van der Waals surface area contributed by atoms with Gasteiger partial charge in [0.2, 0.25) is 0 Å². The number of allylic oxidation sites excluding steroid dienone is 1. The lowest BCUT2D eigenvalue weighted by Crippen LogP contribution is -2.47. The standard InChI is InChI=1S/C18H21N3O/c1-20-11-13-21(14-12-20)18(22)17-7-4-5-15(17)8-9-16-6-2-3-10-19-16/h2-3,6,10H,4-5,7,11-14H2,1H3. The highest BCUT2D eigenvalue weighted by Crippen LogP contribution is 2.27. The Bertz CT molecular complexity index is 631. The molecule has 0 aromatic carbocycles. The van der Waals surface area contributed by atoms with Crippen LogP contribution in [-0.4, -0.2) is 53.9 Å². The molecular formula is C18H21N3O. The number of hydrogen-bond donors (Lipinski definition) is 0. The average Bonchev–Trinajstić information content (AvgIpc) is 3.02. The Morgan fingerprint density at radius 1 is 1.14 bits per heavy atom. The summed E-state index contributed by atoms with van der Waals surface area (Å²) in [4.78, 5) is 21.1. The van der Waals surface area contributed by atoms with Crippen molar-refractivity contribution in [3.8, 4) is 11.8 Å². The van der Waals surface area contributed by atoms with Crippen molar-refractivity contribution in [2.75, 3.05) is 33.2 Å². The van der Waals surface area contributed by atoms with Crippen LogP contribution >= 0.6 is 0 Å². The Balaban J connectivity index is 1.76. The van der Waals surface area contributed by atoms with Crippen molar-refractivity contribution in [2.24, 2.45) is 0 Å². The first-order chi connectivity index (χ1) is 10.7. The maximum atomic E-state index is 12.7. The zero-order chi connectivity index (χ0) is 15.4. The highest BCUT2D eigenvalue weighted by Gasteiger charge is 2.26. The molecule has 1 fully saturated rings. The molecule has 1 saturated heterocycles. The molecule has 0 spiro atoms. The van der Waals surface area contributed by atoms with Crippen LogP contribution in [0.1, 0.15) is 25.0 Å². The Hall–Kier alpha value is -2.12. The van der Waals surface area contributed by atoms with E-state index >= 15 is 0 Å². The van der Waals surface area contributed by atoms with E-state index in [9.17, 15) is 4.79 Å². The number of hydrogen-bond acceptors (Lipinski definition) is 3. The van der Waals surface area contributed by atoms with Crippen molar-refractivity contribution in [1.29, 1.82) is 0 Å². The van der Waals surface area contributed by atoms with Crippen molar-refractivity contribution in [3.05, 3.63) is 41.2 Å². The Morgan fingerprint density at radius 3 is 2.68 bits per heavy atom. The van der Waals surface area contributed by atoms with E-state index in [1.807, 2.05) is 23.1 Å². The SMILES string of the molecule is CN1CCN(C(=O)C2=C(C#Cc3ccccn3)CCC2)CC1. The van der Waals surface area contributed by atoms with Crippen molar-refractivity contribution in [3.63, 3.8) is 0 Å². The topological polar surface area (TPSA) is 36.4 Å². The maximum absolute atomic E-state index is 12.7. The summed E-state index contributed by atoms with van der Waals surface area (Å²) >= 11 is 0. The van der Waals surface area contributed by atoms with Crippen LogP contribution < -0.4 is 0 Å². The van der Waals surface area contributed by atoms with Gasteiger partial charge in [-0.1, -0.05) is 12.0 Å². The summed E-state index contributed by atoms with van der Waals surface area (Å²) in [6.45, 7) is 3.54. The molecule has 1 aliphatic heterocycles. The predicted octanol–water partition coefficient (Wildman–Crippen LogP) is 1.69. The highest BCUT2D eigenvalue weighted by molar-refractivity contribution is 5.95. The molecule has 2 heterocycles. The van der Waals surface area contributed by atoms with Crippen LogP contribution in [0.3, 0.4) is 0 Å². The molecule has 4 nitrogen and oxygen atoms in total. The largest absolute Gasteiger partial charge is 0.336 e. The fraction of sp³-hybridized carbons (Fsp3) is 0.444. The summed E-state index contributed by atoms with van der Waals surface area (Å²) in [5, 5.41) is 0. The molecule has 1 aromatic heterocycles. The van der Waals surface area contributed by atoms with Crippen LogP contribution in [0.5, 0.6) is 0 Å². The van der Waals surface area contributed by atoms with E-state index in [1.165, 1.54) is 0 Å². The molecule has 0 unspecified atom stereocenters. The number of pyridine rings is 1.